The fourth-order valence-corrected chi connectivity index (χ4v) is 2.16. The molecule has 0 fully saturated rings. The third kappa shape index (κ3) is 3.28. The number of rotatable bonds is 5. The molecular weight excluding hydrogens is 273 g/mol. The van der Waals surface area contributed by atoms with Crippen molar-refractivity contribution < 1.29 is 9.31 Å². The van der Waals surface area contributed by atoms with Crippen molar-refractivity contribution in [2.24, 2.45) is 0 Å². The van der Waals surface area contributed by atoms with Crippen LogP contribution in [-0.4, -0.2) is 11.5 Å². The monoisotopic (exact) mass is 289 g/mol. The topological polar surface area (TPSA) is 72.4 Å². The van der Waals surface area contributed by atoms with E-state index >= 15 is 0 Å². The average molecular weight is 289 g/mol. The first-order valence-electron chi connectivity index (χ1n) is 6.55. The van der Waals surface area contributed by atoms with Crippen molar-refractivity contribution in [2.75, 3.05) is 17.2 Å². The number of nitro benzene ring substituents is 1. The number of hydrogen-bond donors (Lipinski definition) is 1. The van der Waals surface area contributed by atoms with Crippen LogP contribution in [0.3, 0.4) is 0 Å². The molecule has 0 aromatic heterocycles. The maximum Gasteiger partial charge on any atom is 0.292 e. The number of nitrogens with two attached hydrogens (primary N) is 1. The maximum absolute atomic E-state index is 13.8. The molecule has 2 N–H and O–H groups in total. The highest BCUT2D eigenvalue weighted by Gasteiger charge is 2.14. The predicted octanol–water partition coefficient (Wildman–Crippen LogP) is 3.34. The van der Waals surface area contributed by atoms with Gasteiger partial charge in [0.1, 0.15) is 11.5 Å². The molecule has 2 rings (SSSR count). The summed E-state index contributed by atoms with van der Waals surface area (Å²) in [6, 6.07) is 11.1. The molecule has 0 aliphatic heterocycles. The van der Waals surface area contributed by atoms with Crippen LogP contribution in [0.5, 0.6) is 0 Å². The minimum absolute atomic E-state index is 0.113. The zero-order valence-corrected chi connectivity index (χ0v) is 11.6. The van der Waals surface area contributed by atoms with E-state index in [1.54, 1.807) is 30.3 Å². The first-order chi connectivity index (χ1) is 10.0. The van der Waals surface area contributed by atoms with Crippen LogP contribution in [0, 0.1) is 15.9 Å². The van der Waals surface area contributed by atoms with Gasteiger partial charge in [-0.2, -0.15) is 0 Å². The Morgan fingerprint density at radius 3 is 2.57 bits per heavy atom. The smallest absolute Gasteiger partial charge is 0.292 e. The highest BCUT2D eigenvalue weighted by Crippen LogP contribution is 2.25. The van der Waals surface area contributed by atoms with Crippen molar-refractivity contribution in [3.05, 3.63) is 64.0 Å². The van der Waals surface area contributed by atoms with Gasteiger partial charge in [-0.1, -0.05) is 18.2 Å². The van der Waals surface area contributed by atoms with Crippen LogP contribution in [0.2, 0.25) is 0 Å². The van der Waals surface area contributed by atoms with Crippen LogP contribution >= 0.6 is 0 Å². The lowest BCUT2D eigenvalue weighted by molar-refractivity contribution is -0.383. The summed E-state index contributed by atoms with van der Waals surface area (Å²) in [7, 11) is 0. The quantitative estimate of drug-likeness (QED) is 0.520. The first kappa shape index (κ1) is 14.8. The number of nitro groups is 1. The molecule has 0 aliphatic rings. The van der Waals surface area contributed by atoms with Gasteiger partial charge in [-0.05, 0) is 30.7 Å². The van der Waals surface area contributed by atoms with Gasteiger partial charge in [-0.3, -0.25) is 10.1 Å². The van der Waals surface area contributed by atoms with E-state index in [-0.39, 0.29) is 17.2 Å². The summed E-state index contributed by atoms with van der Waals surface area (Å²) >= 11 is 0. The zero-order valence-electron chi connectivity index (χ0n) is 11.6. The second-order valence-corrected chi connectivity index (χ2v) is 4.62. The summed E-state index contributed by atoms with van der Waals surface area (Å²) in [5, 5.41) is 10.7. The van der Waals surface area contributed by atoms with Crippen molar-refractivity contribution >= 4 is 17.1 Å². The summed E-state index contributed by atoms with van der Waals surface area (Å²) in [6.45, 7) is 2.96. The van der Waals surface area contributed by atoms with Gasteiger partial charge in [0.15, 0.2) is 0 Å². The standard InChI is InChI=1S/C15H16FN3O2/c1-2-18(14-6-4-3-5-12(14)16)10-11-7-8-15(19(20)21)13(17)9-11/h3-9H,2,10,17H2,1H3. The highest BCUT2D eigenvalue weighted by molar-refractivity contribution is 5.60. The molecule has 2 aromatic rings. The Bertz CT molecular complexity index is 661. The van der Waals surface area contributed by atoms with E-state index in [9.17, 15) is 14.5 Å². The summed E-state index contributed by atoms with van der Waals surface area (Å²) in [5.41, 5.74) is 6.96. The molecule has 0 spiro atoms. The molecule has 6 heteroatoms. The number of nitrogens with zero attached hydrogens (tertiary/aromatic N) is 2. The second kappa shape index (κ2) is 6.21. The molecule has 0 amide bonds. The number of nitrogen functional groups attached to an aromatic ring is 1. The van der Waals surface area contributed by atoms with Crippen LogP contribution in [0.4, 0.5) is 21.5 Å². The van der Waals surface area contributed by atoms with Crippen LogP contribution in [0.1, 0.15) is 12.5 Å². The molecule has 5 nitrogen and oxygen atoms in total. The van der Waals surface area contributed by atoms with Crippen LogP contribution < -0.4 is 10.6 Å². The third-order valence-electron chi connectivity index (χ3n) is 3.24. The molecule has 110 valence electrons. The fourth-order valence-electron chi connectivity index (χ4n) is 2.16. The summed E-state index contributed by atoms with van der Waals surface area (Å²) in [4.78, 5) is 12.1. The summed E-state index contributed by atoms with van der Waals surface area (Å²) in [5.74, 6) is -0.297. The van der Waals surface area contributed by atoms with Gasteiger partial charge >= 0.3 is 0 Å². The summed E-state index contributed by atoms with van der Waals surface area (Å²) in [6.07, 6.45) is 0. The van der Waals surface area contributed by atoms with E-state index in [2.05, 4.69) is 0 Å². The van der Waals surface area contributed by atoms with Gasteiger partial charge in [-0.25, -0.2) is 4.39 Å². The number of para-hydroxylation sites is 1. The fraction of sp³-hybridized carbons (Fsp3) is 0.200. The minimum Gasteiger partial charge on any atom is -0.393 e. The Morgan fingerprint density at radius 2 is 2.00 bits per heavy atom. The molecule has 0 aliphatic carbocycles. The van der Waals surface area contributed by atoms with Crippen molar-refractivity contribution in [3.63, 3.8) is 0 Å². The Labute approximate surface area is 122 Å². The van der Waals surface area contributed by atoms with Gasteiger partial charge in [0.2, 0.25) is 0 Å². The lowest BCUT2D eigenvalue weighted by Gasteiger charge is -2.23. The highest BCUT2D eigenvalue weighted by atomic mass is 19.1. The van der Waals surface area contributed by atoms with E-state index in [1.807, 2.05) is 11.8 Å². The zero-order chi connectivity index (χ0) is 15.4. The minimum atomic E-state index is -0.520. The van der Waals surface area contributed by atoms with E-state index < -0.39 is 4.92 Å². The van der Waals surface area contributed by atoms with Crippen molar-refractivity contribution in [1.29, 1.82) is 0 Å². The lowest BCUT2D eigenvalue weighted by Crippen LogP contribution is -2.23. The van der Waals surface area contributed by atoms with Crippen molar-refractivity contribution in [2.45, 2.75) is 13.5 Å². The Hall–Kier alpha value is -2.63. The molecule has 0 radical (unpaired) electrons. The van der Waals surface area contributed by atoms with Crippen molar-refractivity contribution in [1.82, 2.24) is 0 Å². The Kier molecular flexibility index (Phi) is 4.37. The van der Waals surface area contributed by atoms with E-state index in [0.717, 1.165) is 5.56 Å². The summed E-state index contributed by atoms with van der Waals surface area (Å²) < 4.78 is 13.8. The number of anilines is 2. The largest absolute Gasteiger partial charge is 0.393 e. The van der Waals surface area contributed by atoms with Gasteiger partial charge in [-0.15, -0.1) is 0 Å². The SMILES string of the molecule is CCN(Cc1ccc([N+](=O)[O-])c(N)c1)c1ccccc1F. The van der Waals surface area contributed by atoms with Crippen molar-refractivity contribution in [3.8, 4) is 0 Å². The normalized spacial score (nSPS) is 10.4. The van der Waals surface area contributed by atoms with Crippen LogP contribution in [0.15, 0.2) is 42.5 Å². The molecule has 0 heterocycles. The van der Waals surface area contributed by atoms with Crippen LogP contribution in [-0.2, 0) is 6.54 Å². The predicted molar refractivity (Wildman–Crippen MR) is 80.6 cm³/mol. The third-order valence-corrected chi connectivity index (χ3v) is 3.24. The maximum atomic E-state index is 13.8. The lowest BCUT2D eigenvalue weighted by atomic mass is 10.1. The average Bonchev–Trinajstić information content (AvgIpc) is 2.45. The number of benzene rings is 2. The molecular formula is C15H16FN3O2. The van der Waals surface area contributed by atoms with Gasteiger partial charge in [0.05, 0.1) is 10.6 Å². The number of halogens is 1. The van der Waals surface area contributed by atoms with Gasteiger partial charge in [0, 0.05) is 19.2 Å². The molecule has 21 heavy (non-hydrogen) atoms. The van der Waals surface area contributed by atoms with Crippen LogP contribution in [0.25, 0.3) is 0 Å². The van der Waals surface area contributed by atoms with Gasteiger partial charge in [0.25, 0.3) is 5.69 Å². The van der Waals surface area contributed by atoms with E-state index in [0.29, 0.717) is 18.8 Å². The van der Waals surface area contributed by atoms with Gasteiger partial charge < -0.3 is 10.6 Å². The Balaban J connectivity index is 2.25. The van der Waals surface area contributed by atoms with E-state index in [4.69, 9.17) is 5.73 Å². The van der Waals surface area contributed by atoms with E-state index in [1.165, 1.54) is 12.1 Å². The molecule has 0 saturated heterocycles. The second-order valence-electron chi connectivity index (χ2n) is 4.62. The number of hydrogen-bond acceptors (Lipinski definition) is 4. The first-order valence-corrected chi connectivity index (χ1v) is 6.55. The molecule has 0 unspecified atom stereocenters. The molecule has 0 saturated carbocycles. The molecule has 0 bridgehead atoms. The molecule has 0 atom stereocenters. The Morgan fingerprint density at radius 1 is 1.29 bits per heavy atom. The molecule has 2 aromatic carbocycles.